The van der Waals surface area contributed by atoms with Crippen LogP contribution >= 0.6 is 0 Å². The average Bonchev–Trinajstić information content (AvgIpc) is 2.53. The van der Waals surface area contributed by atoms with Crippen molar-refractivity contribution in [2.45, 2.75) is 26.5 Å². The van der Waals surface area contributed by atoms with Crippen molar-refractivity contribution in [2.75, 3.05) is 32.7 Å². The number of alkyl halides is 2. The van der Waals surface area contributed by atoms with Crippen molar-refractivity contribution in [3.63, 3.8) is 0 Å². The van der Waals surface area contributed by atoms with Gasteiger partial charge in [-0.05, 0) is 32.0 Å². The molecule has 0 radical (unpaired) electrons. The molecule has 1 aliphatic heterocycles. The summed E-state index contributed by atoms with van der Waals surface area (Å²) >= 11 is 0. The van der Waals surface area contributed by atoms with Crippen molar-refractivity contribution in [3.8, 4) is 5.75 Å². The molecule has 0 aliphatic carbocycles. The van der Waals surface area contributed by atoms with Crippen LogP contribution in [-0.4, -0.2) is 67.0 Å². The van der Waals surface area contributed by atoms with Gasteiger partial charge in [-0.1, -0.05) is 6.07 Å². The lowest BCUT2D eigenvalue weighted by atomic mass is 10.1. The monoisotopic (exact) mass is 355 g/mol. The van der Waals surface area contributed by atoms with E-state index in [0.717, 1.165) is 0 Å². The number of amides is 2. The fourth-order valence-corrected chi connectivity index (χ4v) is 2.67. The van der Waals surface area contributed by atoms with Crippen LogP contribution in [0.15, 0.2) is 24.3 Å². The van der Waals surface area contributed by atoms with Crippen LogP contribution in [0.4, 0.5) is 8.78 Å². The number of ether oxygens (including phenoxy) is 1. The van der Waals surface area contributed by atoms with E-state index in [9.17, 15) is 18.4 Å². The average molecular weight is 355 g/mol. The molecule has 0 spiro atoms. The number of hydrogen-bond donors (Lipinski definition) is 1. The molecule has 8 heteroatoms. The summed E-state index contributed by atoms with van der Waals surface area (Å²) in [5, 5.41) is 2.84. The molecule has 25 heavy (non-hydrogen) atoms. The highest BCUT2D eigenvalue weighted by Crippen LogP contribution is 2.18. The minimum absolute atomic E-state index is 0.0355. The Morgan fingerprint density at radius 2 is 1.88 bits per heavy atom. The summed E-state index contributed by atoms with van der Waals surface area (Å²) in [5.74, 6) is -0.303. The Labute approximate surface area is 145 Å². The van der Waals surface area contributed by atoms with Gasteiger partial charge in [0.2, 0.25) is 5.91 Å². The van der Waals surface area contributed by atoms with Crippen LogP contribution < -0.4 is 10.1 Å². The Bertz CT molecular complexity index is 603. The number of nitrogens with zero attached hydrogens (tertiary/aromatic N) is 2. The SMILES string of the molecule is CC(C)NC(=O)CN1CCN(C(=O)c2cccc(OC(F)F)c2)CC1. The molecule has 6 nitrogen and oxygen atoms in total. The maximum Gasteiger partial charge on any atom is 0.387 e. The van der Waals surface area contributed by atoms with Gasteiger partial charge in [-0.15, -0.1) is 0 Å². The molecule has 1 fully saturated rings. The largest absolute Gasteiger partial charge is 0.435 e. The minimum Gasteiger partial charge on any atom is -0.435 e. The molecular formula is C17H23F2N3O3. The molecule has 2 amide bonds. The third-order valence-electron chi connectivity index (χ3n) is 3.78. The molecule has 1 aromatic carbocycles. The van der Waals surface area contributed by atoms with E-state index in [2.05, 4.69) is 10.1 Å². The van der Waals surface area contributed by atoms with Gasteiger partial charge in [0.25, 0.3) is 5.91 Å². The zero-order chi connectivity index (χ0) is 18.4. The van der Waals surface area contributed by atoms with Gasteiger partial charge in [0.15, 0.2) is 0 Å². The van der Waals surface area contributed by atoms with E-state index >= 15 is 0 Å². The van der Waals surface area contributed by atoms with Crippen molar-refractivity contribution >= 4 is 11.8 Å². The predicted octanol–water partition coefficient (Wildman–Crippen LogP) is 1.57. The van der Waals surface area contributed by atoms with Crippen molar-refractivity contribution in [3.05, 3.63) is 29.8 Å². The summed E-state index contributed by atoms with van der Waals surface area (Å²) in [6, 6.07) is 5.88. The number of benzene rings is 1. The smallest absolute Gasteiger partial charge is 0.387 e. The van der Waals surface area contributed by atoms with Gasteiger partial charge in [0.05, 0.1) is 6.54 Å². The summed E-state index contributed by atoms with van der Waals surface area (Å²) in [7, 11) is 0. The molecule has 1 saturated heterocycles. The summed E-state index contributed by atoms with van der Waals surface area (Å²) in [6.45, 7) is 3.32. The second-order valence-corrected chi connectivity index (χ2v) is 6.20. The Hall–Kier alpha value is -2.22. The minimum atomic E-state index is -2.93. The van der Waals surface area contributed by atoms with Crippen LogP contribution in [0.2, 0.25) is 0 Å². The molecule has 138 valence electrons. The lowest BCUT2D eigenvalue weighted by molar-refractivity contribution is -0.123. The van der Waals surface area contributed by atoms with Crippen LogP contribution in [0.25, 0.3) is 0 Å². The van der Waals surface area contributed by atoms with Crippen LogP contribution in [0, 0.1) is 0 Å². The van der Waals surface area contributed by atoms with E-state index < -0.39 is 6.61 Å². The van der Waals surface area contributed by atoms with Gasteiger partial charge in [0.1, 0.15) is 5.75 Å². The third-order valence-corrected chi connectivity index (χ3v) is 3.78. The number of hydrogen-bond acceptors (Lipinski definition) is 4. The highest BCUT2D eigenvalue weighted by molar-refractivity contribution is 5.94. The normalized spacial score (nSPS) is 15.5. The number of rotatable bonds is 6. The molecule has 0 atom stereocenters. The van der Waals surface area contributed by atoms with Crippen molar-refractivity contribution in [1.82, 2.24) is 15.1 Å². The van der Waals surface area contributed by atoms with E-state index in [1.807, 2.05) is 18.7 Å². The van der Waals surface area contributed by atoms with Crippen LogP contribution in [0.3, 0.4) is 0 Å². The maximum absolute atomic E-state index is 12.5. The number of piperazine rings is 1. The molecule has 0 unspecified atom stereocenters. The predicted molar refractivity (Wildman–Crippen MR) is 88.7 cm³/mol. The van der Waals surface area contributed by atoms with Gasteiger partial charge in [-0.25, -0.2) is 0 Å². The molecular weight excluding hydrogens is 332 g/mol. The Morgan fingerprint density at radius 3 is 2.48 bits per heavy atom. The van der Waals surface area contributed by atoms with Gasteiger partial charge in [-0.3, -0.25) is 14.5 Å². The first-order valence-corrected chi connectivity index (χ1v) is 8.21. The fourth-order valence-electron chi connectivity index (χ4n) is 2.67. The Kier molecular flexibility index (Phi) is 6.69. The summed E-state index contributed by atoms with van der Waals surface area (Å²) in [4.78, 5) is 27.9. The Balaban J connectivity index is 1.88. The maximum atomic E-state index is 12.5. The Morgan fingerprint density at radius 1 is 1.20 bits per heavy atom. The fraction of sp³-hybridized carbons (Fsp3) is 0.529. The quantitative estimate of drug-likeness (QED) is 0.842. The van der Waals surface area contributed by atoms with Gasteiger partial charge in [0, 0.05) is 37.8 Å². The molecule has 1 aliphatic rings. The lowest BCUT2D eigenvalue weighted by Crippen LogP contribution is -2.51. The van der Waals surface area contributed by atoms with Gasteiger partial charge < -0.3 is 15.0 Å². The van der Waals surface area contributed by atoms with Crippen molar-refractivity contribution in [1.29, 1.82) is 0 Å². The number of halogens is 2. The standard InChI is InChI=1S/C17H23F2N3O3/c1-12(2)20-15(23)11-21-6-8-22(9-7-21)16(24)13-4-3-5-14(10-13)25-17(18)19/h3-5,10,12,17H,6-9,11H2,1-2H3,(H,20,23). The van der Waals surface area contributed by atoms with Crippen LogP contribution in [0.1, 0.15) is 24.2 Å². The third kappa shape index (κ3) is 5.97. The van der Waals surface area contributed by atoms with Crippen molar-refractivity contribution in [2.24, 2.45) is 0 Å². The molecule has 1 aromatic rings. The highest BCUT2D eigenvalue weighted by atomic mass is 19.3. The lowest BCUT2D eigenvalue weighted by Gasteiger charge is -2.34. The first-order chi connectivity index (χ1) is 11.8. The number of carbonyl (C=O) groups is 2. The second-order valence-electron chi connectivity index (χ2n) is 6.20. The van der Waals surface area contributed by atoms with E-state index in [1.165, 1.54) is 18.2 Å². The van der Waals surface area contributed by atoms with Crippen molar-refractivity contribution < 1.29 is 23.1 Å². The summed E-state index contributed by atoms with van der Waals surface area (Å²) in [6.07, 6.45) is 0. The molecule has 0 aromatic heterocycles. The first kappa shape index (κ1) is 19.1. The first-order valence-electron chi connectivity index (χ1n) is 8.21. The number of nitrogens with one attached hydrogen (secondary N) is 1. The van der Waals surface area contributed by atoms with Crippen LogP contribution in [0.5, 0.6) is 5.75 Å². The molecule has 0 saturated carbocycles. The van der Waals surface area contributed by atoms with E-state index in [-0.39, 0.29) is 23.6 Å². The summed E-state index contributed by atoms with van der Waals surface area (Å²) < 4.78 is 28.9. The van der Waals surface area contributed by atoms with E-state index in [1.54, 1.807) is 11.0 Å². The van der Waals surface area contributed by atoms with E-state index in [4.69, 9.17) is 0 Å². The molecule has 2 rings (SSSR count). The molecule has 0 bridgehead atoms. The van der Waals surface area contributed by atoms with Crippen LogP contribution in [-0.2, 0) is 4.79 Å². The molecule has 1 N–H and O–H groups in total. The van der Waals surface area contributed by atoms with Gasteiger partial charge in [-0.2, -0.15) is 8.78 Å². The summed E-state index contributed by atoms with van der Waals surface area (Å²) in [5.41, 5.74) is 0.309. The zero-order valence-corrected chi connectivity index (χ0v) is 14.4. The highest BCUT2D eigenvalue weighted by Gasteiger charge is 2.23. The second kappa shape index (κ2) is 8.75. The van der Waals surface area contributed by atoms with E-state index in [0.29, 0.717) is 38.3 Å². The molecule has 1 heterocycles. The zero-order valence-electron chi connectivity index (χ0n) is 14.4. The number of carbonyl (C=O) groups excluding carboxylic acids is 2. The topological polar surface area (TPSA) is 61.9 Å². The van der Waals surface area contributed by atoms with Gasteiger partial charge >= 0.3 is 6.61 Å².